The van der Waals surface area contributed by atoms with Gasteiger partial charge in [-0.25, -0.2) is 4.79 Å². The van der Waals surface area contributed by atoms with Crippen molar-refractivity contribution in [2.45, 2.75) is 127 Å². The molecular formula is C39H71N15O13. The zero-order valence-electron chi connectivity index (χ0n) is 38.1. The number of guanidine groups is 1. The molecule has 0 aliphatic heterocycles. The number of primary amides is 1. The van der Waals surface area contributed by atoms with Crippen LogP contribution < -0.4 is 76.9 Å². The molecule has 0 spiro atoms. The number of carbonyl (C=O) groups is 11. The van der Waals surface area contributed by atoms with Gasteiger partial charge in [-0.05, 0) is 83.2 Å². The Kier molecular flexibility index (Phi) is 30.4. The van der Waals surface area contributed by atoms with Crippen molar-refractivity contribution < 1.29 is 63.0 Å². The van der Waals surface area contributed by atoms with E-state index < -0.39 is 127 Å². The van der Waals surface area contributed by atoms with Gasteiger partial charge in [0.1, 0.15) is 30.2 Å². The van der Waals surface area contributed by atoms with Crippen LogP contribution in [0.25, 0.3) is 0 Å². The largest absolute Gasteiger partial charge is 0.481 e. The molecule has 0 saturated carbocycles. The Balaban J connectivity index is 5.92. The summed E-state index contributed by atoms with van der Waals surface area (Å²) in [5.74, 6) is -11.2. The fourth-order valence-corrected chi connectivity index (χ4v) is 5.94. The fraction of sp³-hybridized carbons (Fsp3) is 0.692. The van der Waals surface area contributed by atoms with E-state index in [-0.39, 0.29) is 63.4 Å². The third-order valence-corrected chi connectivity index (χ3v) is 9.44. The van der Waals surface area contributed by atoms with Gasteiger partial charge in [0.05, 0.1) is 32.1 Å². The molecule has 0 unspecified atom stereocenters. The van der Waals surface area contributed by atoms with Gasteiger partial charge in [-0.3, -0.25) is 52.9 Å². The number of carboxylic acid groups (broad SMARTS) is 2. The molecule has 0 heterocycles. The molecule has 0 bridgehead atoms. The molecule has 6 atom stereocenters. The number of amides is 9. The minimum atomic E-state index is -1.82. The van der Waals surface area contributed by atoms with Crippen LogP contribution in [0.3, 0.4) is 0 Å². The Morgan fingerprint density at radius 3 is 1.48 bits per heavy atom. The minimum absolute atomic E-state index is 0.0103. The molecule has 0 aromatic heterocycles. The van der Waals surface area contributed by atoms with Crippen LogP contribution in [0, 0.1) is 5.92 Å². The number of nitrogens with zero attached hydrogens (tertiary/aromatic N) is 1. The van der Waals surface area contributed by atoms with Gasteiger partial charge in [0, 0.05) is 13.0 Å². The SMILES string of the molecule is CC(C)C[C@H](NC(=O)CNC(=O)[C@H](CCCCN)NC(=O)[C@@H](N)CCC(N)=O)C(=O)N[C@@H](CC(=O)O)C(=O)N[C@@H](CCCN=C(N)N)C(=O)NCC(=O)NCC(=O)N[C@@H](CCCCN)C(=O)O. The number of hydrogen-bond acceptors (Lipinski definition) is 15. The van der Waals surface area contributed by atoms with Crippen LogP contribution in [-0.2, 0) is 52.7 Å². The lowest BCUT2D eigenvalue weighted by Gasteiger charge is -2.25. The van der Waals surface area contributed by atoms with Gasteiger partial charge in [0.15, 0.2) is 5.96 Å². The number of nitrogens with one attached hydrogen (secondary N) is 8. The summed E-state index contributed by atoms with van der Waals surface area (Å²) in [5, 5.41) is 37.8. The maximum absolute atomic E-state index is 13.6. The molecule has 380 valence electrons. The van der Waals surface area contributed by atoms with E-state index in [9.17, 15) is 63.0 Å². The quantitative estimate of drug-likeness (QED) is 0.0158. The summed E-state index contributed by atoms with van der Waals surface area (Å²) in [4.78, 5) is 142. The van der Waals surface area contributed by atoms with E-state index in [2.05, 4.69) is 47.5 Å². The highest BCUT2D eigenvalue weighted by Crippen LogP contribution is 2.08. The standard InChI is InChI=1S/C39H71N15O13/c1-21(2)16-26(51-31(58)20-49-34(62)23(8-3-5-13-40)52-33(61)22(42)11-12-28(43)55)36(64)54-27(17-32(59)60)37(65)53-24(10-7-15-46-39(44)45)35(63)48-18-29(56)47-19-30(57)50-25(38(66)67)9-4-6-14-41/h21-27H,3-20,40-42H2,1-2H3,(H2,43,55)(H,47,56)(H,48,63)(H,49,62)(H,50,57)(H,51,58)(H,52,61)(H,53,65)(H,54,64)(H,59,60)(H,66,67)(H4,44,45,46)/t22-,23-,24-,25-,26-,27-/m0/s1. The highest BCUT2D eigenvalue weighted by Gasteiger charge is 2.32. The zero-order chi connectivity index (χ0) is 51.1. The summed E-state index contributed by atoms with van der Waals surface area (Å²) in [5.41, 5.74) is 32.7. The predicted octanol–water partition coefficient (Wildman–Crippen LogP) is -6.73. The molecule has 0 rings (SSSR count). The molecule has 22 N–H and O–H groups in total. The van der Waals surface area contributed by atoms with E-state index in [0.717, 1.165) is 0 Å². The molecule has 9 amide bonds. The Morgan fingerprint density at radius 2 is 0.985 bits per heavy atom. The van der Waals surface area contributed by atoms with Crippen LogP contribution in [0.15, 0.2) is 4.99 Å². The first-order chi connectivity index (χ1) is 31.5. The molecule has 0 aromatic rings. The second-order valence-electron chi connectivity index (χ2n) is 15.8. The molecule has 0 radical (unpaired) electrons. The zero-order valence-corrected chi connectivity index (χ0v) is 38.1. The van der Waals surface area contributed by atoms with Crippen molar-refractivity contribution in [1.82, 2.24) is 42.5 Å². The molecule has 67 heavy (non-hydrogen) atoms. The molecule has 0 aliphatic carbocycles. The van der Waals surface area contributed by atoms with Crippen LogP contribution in [0.4, 0.5) is 0 Å². The number of unbranched alkanes of at least 4 members (excludes halogenated alkanes) is 2. The molecular weight excluding hydrogens is 887 g/mol. The number of aliphatic imine (C=N–C) groups is 1. The van der Waals surface area contributed by atoms with Crippen LogP contribution in [0.5, 0.6) is 0 Å². The Hall–Kier alpha value is -6.68. The summed E-state index contributed by atoms with van der Waals surface area (Å²) < 4.78 is 0. The molecule has 0 fully saturated rings. The number of hydrogen-bond donors (Lipinski definition) is 16. The van der Waals surface area contributed by atoms with Gasteiger partial charge in [0.25, 0.3) is 0 Å². The lowest BCUT2D eigenvalue weighted by Crippen LogP contribution is -2.58. The summed E-state index contributed by atoms with van der Waals surface area (Å²) >= 11 is 0. The van der Waals surface area contributed by atoms with Gasteiger partial charge in [0.2, 0.25) is 53.2 Å². The van der Waals surface area contributed by atoms with E-state index in [1.54, 1.807) is 13.8 Å². The molecule has 0 aliphatic rings. The van der Waals surface area contributed by atoms with Crippen molar-refractivity contribution in [3.8, 4) is 0 Å². The first-order valence-corrected chi connectivity index (χ1v) is 21.8. The van der Waals surface area contributed by atoms with Crippen molar-refractivity contribution in [3.63, 3.8) is 0 Å². The second kappa shape index (κ2) is 33.7. The van der Waals surface area contributed by atoms with Crippen LogP contribution >= 0.6 is 0 Å². The Bertz CT molecular complexity index is 1710. The molecule has 0 saturated heterocycles. The number of aliphatic carboxylic acids is 2. The topological polar surface area (TPSA) is 493 Å². The van der Waals surface area contributed by atoms with Gasteiger partial charge < -0.3 is 87.1 Å². The maximum Gasteiger partial charge on any atom is 0.326 e. The monoisotopic (exact) mass is 958 g/mol. The number of carbonyl (C=O) groups excluding carboxylic acids is 9. The number of rotatable bonds is 36. The normalized spacial score (nSPS) is 13.5. The van der Waals surface area contributed by atoms with E-state index in [4.69, 9.17) is 34.4 Å². The number of carboxylic acids is 2. The summed E-state index contributed by atoms with van der Waals surface area (Å²) in [6.07, 6.45) is 0.776. The van der Waals surface area contributed by atoms with Crippen LogP contribution in [0.2, 0.25) is 0 Å². The Morgan fingerprint density at radius 1 is 0.522 bits per heavy atom. The number of nitrogens with two attached hydrogens (primary N) is 6. The van der Waals surface area contributed by atoms with Crippen molar-refractivity contribution in [2.75, 3.05) is 39.3 Å². The second-order valence-corrected chi connectivity index (χ2v) is 15.8. The minimum Gasteiger partial charge on any atom is -0.481 e. The average molecular weight is 958 g/mol. The van der Waals surface area contributed by atoms with E-state index in [1.165, 1.54) is 0 Å². The third-order valence-electron chi connectivity index (χ3n) is 9.44. The van der Waals surface area contributed by atoms with Gasteiger partial charge >= 0.3 is 11.9 Å². The summed E-state index contributed by atoms with van der Waals surface area (Å²) in [6.45, 7) is 2.01. The van der Waals surface area contributed by atoms with Crippen molar-refractivity contribution in [1.29, 1.82) is 0 Å². The first-order valence-electron chi connectivity index (χ1n) is 21.8. The average Bonchev–Trinajstić information content (AvgIpc) is 3.24. The van der Waals surface area contributed by atoms with Crippen LogP contribution in [-0.4, -0.2) is 157 Å². The third kappa shape index (κ3) is 28.8. The van der Waals surface area contributed by atoms with Crippen LogP contribution in [0.1, 0.15) is 90.9 Å². The lowest BCUT2D eigenvalue weighted by molar-refractivity contribution is -0.142. The molecule has 28 nitrogen and oxygen atoms in total. The lowest BCUT2D eigenvalue weighted by atomic mass is 10.0. The molecule has 28 heteroatoms. The van der Waals surface area contributed by atoms with E-state index in [1.807, 2.05) is 0 Å². The Labute approximate surface area is 387 Å². The first kappa shape index (κ1) is 60.3. The highest BCUT2D eigenvalue weighted by molar-refractivity contribution is 5.97. The van der Waals surface area contributed by atoms with E-state index in [0.29, 0.717) is 38.8 Å². The van der Waals surface area contributed by atoms with Crippen molar-refractivity contribution in [2.24, 2.45) is 45.3 Å². The van der Waals surface area contributed by atoms with E-state index >= 15 is 0 Å². The predicted molar refractivity (Wildman–Crippen MR) is 240 cm³/mol. The van der Waals surface area contributed by atoms with Crippen molar-refractivity contribution >= 4 is 71.1 Å². The van der Waals surface area contributed by atoms with Crippen molar-refractivity contribution in [3.05, 3.63) is 0 Å². The molecule has 0 aromatic carbocycles. The van der Waals surface area contributed by atoms with Gasteiger partial charge in [-0.1, -0.05) is 13.8 Å². The fourth-order valence-electron chi connectivity index (χ4n) is 5.94. The maximum atomic E-state index is 13.6. The smallest absolute Gasteiger partial charge is 0.326 e. The van der Waals surface area contributed by atoms with Gasteiger partial charge in [-0.15, -0.1) is 0 Å². The highest BCUT2D eigenvalue weighted by atomic mass is 16.4. The van der Waals surface area contributed by atoms with Gasteiger partial charge in [-0.2, -0.15) is 0 Å². The summed E-state index contributed by atoms with van der Waals surface area (Å²) in [7, 11) is 0. The summed E-state index contributed by atoms with van der Waals surface area (Å²) in [6, 6.07) is -8.18.